The lowest BCUT2D eigenvalue weighted by atomic mass is 10.2. The van der Waals surface area contributed by atoms with Gasteiger partial charge < -0.3 is 19.5 Å². The second-order valence-electron chi connectivity index (χ2n) is 7.19. The van der Waals surface area contributed by atoms with Crippen LogP contribution in [0.5, 0.6) is 23.0 Å². The Morgan fingerprint density at radius 3 is 2.12 bits per heavy atom. The molecule has 4 rings (SSSR count). The van der Waals surface area contributed by atoms with Crippen molar-refractivity contribution in [3.8, 4) is 23.0 Å². The molecule has 32 heavy (non-hydrogen) atoms. The lowest BCUT2D eigenvalue weighted by Crippen LogP contribution is -2.02. The number of methoxy groups -OCH3 is 1. The molecule has 0 aromatic heterocycles. The van der Waals surface area contributed by atoms with Crippen LogP contribution in [0, 0.1) is 0 Å². The van der Waals surface area contributed by atoms with E-state index in [-0.39, 0.29) is 0 Å². The van der Waals surface area contributed by atoms with E-state index >= 15 is 0 Å². The fourth-order valence-electron chi connectivity index (χ4n) is 3.15. The van der Waals surface area contributed by atoms with E-state index in [1.807, 2.05) is 97.1 Å². The number of anilines is 1. The summed E-state index contributed by atoms with van der Waals surface area (Å²) < 4.78 is 18.4. The highest BCUT2D eigenvalue weighted by molar-refractivity contribution is 9.10. The van der Waals surface area contributed by atoms with E-state index in [1.165, 1.54) is 0 Å². The normalized spacial score (nSPS) is 10.4. The minimum atomic E-state index is 0.485. The third-order valence-corrected chi connectivity index (χ3v) is 5.39. The molecule has 5 heteroatoms. The number of hydrogen-bond donors (Lipinski definition) is 1. The van der Waals surface area contributed by atoms with Gasteiger partial charge in [0.1, 0.15) is 18.1 Å². The van der Waals surface area contributed by atoms with Crippen molar-refractivity contribution < 1.29 is 14.2 Å². The molecule has 4 nitrogen and oxygen atoms in total. The molecule has 0 spiro atoms. The van der Waals surface area contributed by atoms with Crippen LogP contribution in [0.4, 0.5) is 5.69 Å². The average molecular weight is 490 g/mol. The lowest BCUT2D eigenvalue weighted by Gasteiger charge is -2.13. The van der Waals surface area contributed by atoms with E-state index in [9.17, 15) is 0 Å². The molecule has 0 saturated carbocycles. The molecule has 0 amide bonds. The summed E-state index contributed by atoms with van der Waals surface area (Å²) in [4.78, 5) is 0. The van der Waals surface area contributed by atoms with Crippen LogP contribution >= 0.6 is 15.9 Å². The first kappa shape index (κ1) is 21.8. The molecule has 4 aromatic carbocycles. The van der Waals surface area contributed by atoms with Crippen LogP contribution in [0.25, 0.3) is 0 Å². The molecule has 0 aliphatic heterocycles. The first-order valence-corrected chi connectivity index (χ1v) is 11.1. The quantitative estimate of drug-likeness (QED) is 0.265. The largest absolute Gasteiger partial charge is 0.493 e. The molecule has 0 bridgehead atoms. The number of ether oxygens (including phenoxy) is 3. The minimum absolute atomic E-state index is 0.485. The molecule has 0 aliphatic rings. The maximum absolute atomic E-state index is 5.96. The highest BCUT2D eigenvalue weighted by Crippen LogP contribution is 2.29. The summed E-state index contributed by atoms with van der Waals surface area (Å²) in [5.41, 5.74) is 3.21. The minimum Gasteiger partial charge on any atom is -0.493 e. The average Bonchev–Trinajstić information content (AvgIpc) is 2.84. The molecule has 4 aromatic rings. The van der Waals surface area contributed by atoms with Crippen molar-refractivity contribution >= 4 is 21.6 Å². The summed E-state index contributed by atoms with van der Waals surface area (Å²) in [6.45, 7) is 1.15. The molecule has 0 atom stereocenters. The van der Waals surface area contributed by atoms with E-state index in [0.29, 0.717) is 18.9 Å². The zero-order valence-corrected chi connectivity index (χ0v) is 19.3. The van der Waals surface area contributed by atoms with Gasteiger partial charge in [0, 0.05) is 16.7 Å². The Morgan fingerprint density at radius 2 is 1.41 bits per heavy atom. The zero-order chi connectivity index (χ0) is 22.2. The second-order valence-corrected chi connectivity index (χ2v) is 8.11. The molecule has 1 N–H and O–H groups in total. The molecule has 0 fully saturated rings. The summed E-state index contributed by atoms with van der Waals surface area (Å²) in [5.74, 6) is 3.06. The Bertz CT molecular complexity index is 1130. The first-order chi connectivity index (χ1) is 15.7. The van der Waals surface area contributed by atoms with Crippen LogP contribution in [0.1, 0.15) is 11.1 Å². The highest BCUT2D eigenvalue weighted by atomic mass is 79.9. The van der Waals surface area contributed by atoms with Crippen LogP contribution in [0.15, 0.2) is 102 Å². The summed E-state index contributed by atoms with van der Waals surface area (Å²) in [6, 6.07) is 31.7. The van der Waals surface area contributed by atoms with Crippen LogP contribution < -0.4 is 19.5 Å². The Kier molecular flexibility index (Phi) is 7.31. The zero-order valence-electron chi connectivity index (χ0n) is 17.8. The number of benzene rings is 4. The van der Waals surface area contributed by atoms with Crippen molar-refractivity contribution in [2.45, 2.75) is 13.2 Å². The highest BCUT2D eigenvalue weighted by Gasteiger charge is 2.07. The van der Waals surface area contributed by atoms with Crippen molar-refractivity contribution in [3.63, 3.8) is 0 Å². The Labute approximate surface area is 196 Å². The maximum Gasteiger partial charge on any atom is 0.161 e. The monoisotopic (exact) mass is 489 g/mol. The van der Waals surface area contributed by atoms with E-state index in [4.69, 9.17) is 14.2 Å². The fraction of sp³-hybridized carbons (Fsp3) is 0.111. The summed E-state index contributed by atoms with van der Waals surface area (Å²) in [6.07, 6.45) is 0. The molecular formula is C27H24BrNO3. The lowest BCUT2D eigenvalue weighted by molar-refractivity contribution is 0.284. The molecular weight excluding hydrogens is 466 g/mol. The Hall–Kier alpha value is -3.44. The molecule has 162 valence electrons. The van der Waals surface area contributed by atoms with Crippen LogP contribution in [0.2, 0.25) is 0 Å². The second kappa shape index (κ2) is 10.7. The van der Waals surface area contributed by atoms with Gasteiger partial charge in [-0.15, -0.1) is 0 Å². The van der Waals surface area contributed by atoms with E-state index < -0.39 is 0 Å². The molecule has 0 saturated heterocycles. The van der Waals surface area contributed by atoms with Crippen molar-refractivity contribution in [2.75, 3.05) is 12.4 Å². The number of hydrogen-bond acceptors (Lipinski definition) is 4. The number of nitrogens with one attached hydrogen (secondary N) is 1. The van der Waals surface area contributed by atoms with Gasteiger partial charge in [-0.3, -0.25) is 0 Å². The Balaban J connectivity index is 1.33. The van der Waals surface area contributed by atoms with Crippen molar-refractivity contribution in [1.29, 1.82) is 0 Å². The van der Waals surface area contributed by atoms with E-state index in [1.54, 1.807) is 7.11 Å². The first-order valence-electron chi connectivity index (χ1n) is 10.3. The van der Waals surface area contributed by atoms with Gasteiger partial charge in [-0.1, -0.05) is 52.3 Å². The molecule has 0 unspecified atom stereocenters. The standard InChI is InChI=1S/C27H24BrNO3/c1-30-27-17-21(9-16-26(27)31-19-20-7-10-22(28)11-8-20)18-29-23-12-14-25(15-13-23)32-24-5-3-2-4-6-24/h2-17,29H,18-19H2,1H3. The van der Waals surface area contributed by atoms with Crippen molar-refractivity contribution in [2.24, 2.45) is 0 Å². The summed E-state index contributed by atoms with van der Waals surface area (Å²) in [7, 11) is 1.66. The SMILES string of the molecule is COc1cc(CNc2ccc(Oc3ccccc3)cc2)ccc1OCc1ccc(Br)cc1. The molecule has 0 radical (unpaired) electrons. The van der Waals surface area contributed by atoms with Gasteiger partial charge in [0.15, 0.2) is 11.5 Å². The molecule has 0 heterocycles. The predicted molar refractivity (Wildman–Crippen MR) is 132 cm³/mol. The summed E-state index contributed by atoms with van der Waals surface area (Å²) in [5, 5.41) is 3.43. The predicted octanol–water partition coefficient (Wildman–Crippen LogP) is 7.44. The van der Waals surface area contributed by atoms with Gasteiger partial charge in [0.2, 0.25) is 0 Å². The van der Waals surface area contributed by atoms with Crippen molar-refractivity contribution in [3.05, 3.63) is 113 Å². The van der Waals surface area contributed by atoms with Crippen LogP contribution in [-0.4, -0.2) is 7.11 Å². The number of halogens is 1. The number of para-hydroxylation sites is 1. The van der Waals surface area contributed by atoms with Gasteiger partial charge in [0.25, 0.3) is 0 Å². The van der Waals surface area contributed by atoms with Gasteiger partial charge >= 0.3 is 0 Å². The van der Waals surface area contributed by atoms with Crippen LogP contribution in [-0.2, 0) is 13.2 Å². The van der Waals surface area contributed by atoms with E-state index in [2.05, 4.69) is 21.2 Å². The van der Waals surface area contributed by atoms with Gasteiger partial charge in [-0.2, -0.15) is 0 Å². The molecule has 0 aliphatic carbocycles. The van der Waals surface area contributed by atoms with Gasteiger partial charge in [0.05, 0.1) is 7.11 Å². The van der Waals surface area contributed by atoms with Gasteiger partial charge in [-0.05, 0) is 71.8 Å². The third-order valence-electron chi connectivity index (χ3n) is 4.87. The third kappa shape index (κ3) is 6.05. The van der Waals surface area contributed by atoms with E-state index in [0.717, 1.165) is 38.5 Å². The maximum atomic E-state index is 5.96. The summed E-state index contributed by atoms with van der Waals surface area (Å²) >= 11 is 3.45. The smallest absolute Gasteiger partial charge is 0.161 e. The topological polar surface area (TPSA) is 39.7 Å². The fourth-order valence-corrected chi connectivity index (χ4v) is 3.42. The van der Waals surface area contributed by atoms with Gasteiger partial charge in [-0.25, -0.2) is 0 Å². The van der Waals surface area contributed by atoms with Crippen molar-refractivity contribution in [1.82, 2.24) is 0 Å². The Morgan fingerprint density at radius 1 is 0.719 bits per heavy atom. The van der Waals surface area contributed by atoms with Crippen LogP contribution in [0.3, 0.4) is 0 Å². The number of rotatable bonds is 9.